The van der Waals surface area contributed by atoms with Gasteiger partial charge in [-0.1, -0.05) is 58.0 Å². The topological polar surface area (TPSA) is 27.6 Å². The van der Waals surface area contributed by atoms with E-state index in [0.717, 1.165) is 0 Å². The first-order valence-electron chi connectivity index (χ1n) is 2.92. The highest BCUT2D eigenvalue weighted by molar-refractivity contribution is 9.09. The van der Waals surface area contributed by atoms with Crippen molar-refractivity contribution in [3.8, 4) is 0 Å². The van der Waals surface area contributed by atoms with Crippen molar-refractivity contribution >= 4 is 80.3 Å². The maximum Gasteiger partial charge on any atom is 0.241 e. The van der Waals surface area contributed by atoms with E-state index in [-0.39, 0.29) is 0 Å². The molecule has 0 aromatic carbocycles. The molecule has 1 heterocycles. The van der Waals surface area contributed by atoms with Gasteiger partial charge in [0, 0.05) is 0 Å². The second kappa shape index (κ2) is 3.99. The molecule has 0 fully saturated rings. The van der Waals surface area contributed by atoms with E-state index in [0.29, 0.717) is 0 Å². The predicted octanol–water partition coefficient (Wildman–Crippen LogP) is 3.02. The van der Waals surface area contributed by atoms with E-state index in [1.807, 2.05) is 0 Å². The van der Waals surface area contributed by atoms with Crippen LogP contribution in [0.25, 0.3) is 0 Å². The van der Waals surface area contributed by atoms with Crippen molar-refractivity contribution in [2.24, 2.45) is 5.10 Å². The molecular weight excluding hydrogens is 347 g/mol. The van der Waals surface area contributed by atoms with Gasteiger partial charge in [-0.3, -0.25) is 10.3 Å². The first-order valence-corrected chi connectivity index (χ1v) is 5.73. The van der Waals surface area contributed by atoms with E-state index >= 15 is 0 Å². The lowest BCUT2D eigenvalue weighted by atomic mass is 10.6. The standard InChI is InChI=1S/C4H3BrCl5N3/c5-2-12-11-1-13(2)4(9,10)3(6,7)8/h1-2,12H. The molecule has 0 saturated carbocycles. The van der Waals surface area contributed by atoms with Crippen LogP contribution in [0.15, 0.2) is 5.10 Å². The van der Waals surface area contributed by atoms with Crippen LogP contribution in [-0.4, -0.2) is 24.6 Å². The summed E-state index contributed by atoms with van der Waals surface area (Å²) in [7, 11) is 0. The van der Waals surface area contributed by atoms with Crippen molar-refractivity contribution in [1.29, 1.82) is 0 Å². The largest absolute Gasteiger partial charge is 0.294 e. The highest BCUT2D eigenvalue weighted by Crippen LogP contribution is 2.48. The zero-order chi connectivity index (χ0) is 10.3. The van der Waals surface area contributed by atoms with Crippen molar-refractivity contribution in [3.05, 3.63) is 0 Å². The third-order valence-electron chi connectivity index (χ3n) is 1.27. The fourth-order valence-corrected chi connectivity index (χ4v) is 1.98. The summed E-state index contributed by atoms with van der Waals surface area (Å²) in [4.78, 5) is 1.32. The summed E-state index contributed by atoms with van der Waals surface area (Å²) in [5, 5.41) is 3.28. The monoisotopic (exact) mass is 347 g/mol. The number of alkyl halides is 6. The molecule has 0 bridgehead atoms. The minimum atomic E-state index is -1.85. The first kappa shape index (κ1) is 12.3. The van der Waals surface area contributed by atoms with Crippen molar-refractivity contribution < 1.29 is 0 Å². The molecule has 0 aliphatic carbocycles. The van der Waals surface area contributed by atoms with Crippen LogP contribution in [0.5, 0.6) is 0 Å². The molecule has 1 rings (SSSR count). The van der Waals surface area contributed by atoms with Gasteiger partial charge < -0.3 is 0 Å². The van der Waals surface area contributed by atoms with Gasteiger partial charge in [0.25, 0.3) is 0 Å². The van der Waals surface area contributed by atoms with Crippen LogP contribution in [0.4, 0.5) is 0 Å². The highest BCUT2D eigenvalue weighted by Gasteiger charge is 2.52. The van der Waals surface area contributed by atoms with Crippen LogP contribution in [0.2, 0.25) is 0 Å². The van der Waals surface area contributed by atoms with Gasteiger partial charge in [-0.15, -0.1) is 0 Å². The SMILES string of the molecule is ClC(Cl)(Cl)C(Cl)(Cl)N1C=NNC1Br. The second-order valence-electron chi connectivity index (χ2n) is 2.16. The minimum Gasteiger partial charge on any atom is -0.294 e. The average Bonchev–Trinajstić information content (AvgIpc) is 2.32. The van der Waals surface area contributed by atoms with Crippen molar-refractivity contribution in [1.82, 2.24) is 10.3 Å². The lowest BCUT2D eigenvalue weighted by Crippen LogP contribution is -2.51. The minimum absolute atomic E-state index is 0.405. The van der Waals surface area contributed by atoms with Crippen LogP contribution in [0.3, 0.4) is 0 Å². The fourth-order valence-electron chi connectivity index (χ4n) is 0.639. The quantitative estimate of drug-likeness (QED) is 0.582. The number of nitrogens with zero attached hydrogens (tertiary/aromatic N) is 2. The number of hydrogen-bond donors (Lipinski definition) is 1. The number of rotatable bonds is 1. The Kier molecular flexibility index (Phi) is 3.76. The number of hydrogen-bond acceptors (Lipinski definition) is 3. The lowest BCUT2D eigenvalue weighted by Gasteiger charge is -2.36. The van der Waals surface area contributed by atoms with Gasteiger partial charge in [-0.25, -0.2) is 0 Å². The molecule has 1 unspecified atom stereocenters. The van der Waals surface area contributed by atoms with Crippen LogP contribution >= 0.6 is 73.9 Å². The van der Waals surface area contributed by atoms with Crippen molar-refractivity contribution in [2.75, 3.05) is 0 Å². The Morgan fingerprint density at radius 3 is 2.15 bits per heavy atom. The Bertz CT molecular complexity index is 226. The number of hydrazone groups is 1. The van der Waals surface area contributed by atoms with Gasteiger partial charge in [0.05, 0.1) is 0 Å². The van der Waals surface area contributed by atoms with E-state index in [1.165, 1.54) is 11.2 Å². The Hall–Kier alpha value is 1.20. The molecule has 3 nitrogen and oxygen atoms in total. The van der Waals surface area contributed by atoms with E-state index in [2.05, 4.69) is 26.5 Å². The number of halogens is 6. The molecule has 0 aromatic heterocycles. The molecule has 13 heavy (non-hydrogen) atoms. The maximum absolute atomic E-state index is 5.85. The smallest absolute Gasteiger partial charge is 0.241 e. The summed E-state index contributed by atoms with van der Waals surface area (Å²) in [6.45, 7) is 0. The summed E-state index contributed by atoms with van der Waals surface area (Å²) in [5.41, 5.74) is 2.61. The summed E-state index contributed by atoms with van der Waals surface area (Å²) >= 11 is 31.6. The summed E-state index contributed by atoms with van der Waals surface area (Å²) in [5.74, 6) is 0. The van der Waals surface area contributed by atoms with Crippen LogP contribution in [-0.2, 0) is 0 Å². The molecule has 1 atom stereocenters. The van der Waals surface area contributed by atoms with Gasteiger partial charge in [0.2, 0.25) is 8.25 Å². The molecule has 0 amide bonds. The normalized spacial score (nSPS) is 23.5. The first-order chi connectivity index (χ1) is 5.77. The zero-order valence-electron chi connectivity index (χ0n) is 5.82. The Morgan fingerprint density at radius 2 is 1.85 bits per heavy atom. The summed E-state index contributed by atoms with van der Waals surface area (Å²) in [6.07, 6.45) is 1.33. The third kappa shape index (κ3) is 2.41. The molecule has 1 N–H and O–H groups in total. The van der Waals surface area contributed by atoms with Crippen LogP contribution in [0, 0.1) is 0 Å². The average molecular weight is 350 g/mol. The Morgan fingerprint density at radius 1 is 1.31 bits per heavy atom. The lowest BCUT2D eigenvalue weighted by molar-refractivity contribution is 0.347. The summed E-state index contributed by atoms with van der Waals surface area (Å²) < 4.78 is -3.54. The Labute approximate surface area is 108 Å². The van der Waals surface area contributed by atoms with Crippen LogP contribution in [0.1, 0.15) is 0 Å². The maximum atomic E-state index is 5.85. The third-order valence-corrected chi connectivity index (χ3v) is 4.28. The van der Waals surface area contributed by atoms with Crippen molar-refractivity contribution in [3.63, 3.8) is 0 Å². The van der Waals surface area contributed by atoms with Crippen molar-refractivity contribution in [2.45, 2.75) is 13.3 Å². The van der Waals surface area contributed by atoms with Gasteiger partial charge in [-0.2, -0.15) is 5.10 Å². The van der Waals surface area contributed by atoms with Gasteiger partial charge >= 0.3 is 0 Å². The van der Waals surface area contributed by atoms with Gasteiger partial charge in [0.1, 0.15) is 6.34 Å². The molecule has 0 aromatic rings. The molecule has 1 aliphatic rings. The highest BCUT2D eigenvalue weighted by atomic mass is 79.9. The van der Waals surface area contributed by atoms with E-state index in [9.17, 15) is 0 Å². The predicted molar refractivity (Wildman–Crippen MR) is 60.9 cm³/mol. The summed E-state index contributed by atoms with van der Waals surface area (Å²) in [6, 6.07) is 0. The fraction of sp³-hybridized carbons (Fsp3) is 0.750. The zero-order valence-corrected chi connectivity index (χ0v) is 11.2. The molecule has 0 saturated heterocycles. The molecule has 9 heteroatoms. The number of nitrogens with one attached hydrogen (secondary N) is 1. The molecule has 0 radical (unpaired) electrons. The molecule has 76 valence electrons. The van der Waals surface area contributed by atoms with Gasteiger partial charge in [0.15, 0.2) is 5.08 Å². The van der Waals surface area contributed by atoms with E-state index in [4.69, 9.17) is 58.0 Å². The van der Waals surface area contributed by atoms with E-state index < -0.39 is 13.3 Å². The molecular formula is C4H3BrCl5N3. The van der Waals surface area contributed by atoms with E-state index in [1.54, 1.807) is 0 Å². The van der Waals surface area contributed by atoms with Gasteiger partial charge in [-0.05, 0) is 15.9 Å². The second-order valence-corrected chi connectivity index (χ2v) is 6.59. The molecule has 0 spiro atoms. The molecule has 1 aliphatic heterocycles. The Balaban J connectivity index is 2.86. The van der Waals surface area contributed by atoms with Crippen LogP contribution < -0.4 is 5.43 Å².